The maximum atomic E-state index is 13.7. The number of nitro groups is 1. The summed E-state index contributed by atoms with van der Waals surface area (Å²) in [6.45, 7) is 3.88. The Morgan fingerprint density at radius 2 is 2.09 bits per heavy atom. The van der Waals surface area contributed by atoms with Gasteiger partial charge in [0.25, 0.3) is 0 Å². The topological polar surface area (TPSA) is 76.3 Å². The number of aromatic nitrogens is 1. The molecule has 0 N–H and O–H groups in total. The van der Waals surface area contributed by atoms with Gasteiger partial charge in [0.1, 0.15) is 0 Å². The van der Waals surface area contributed by atoms with Crippen molar-refractivity contribution in [2.24, 2.45) is 0 Å². The molecule has 1 heterocycles. The second kappa shape index (κ2) is 6.95. The first-order valence-electron chi connectivity index (χ1n) is 7.00. The molecule has 2 rings (SSSR count). The summed E-state index contributed by atoms with van der Waals surface area (Å²) < 4.78 is 13.7. The number of anilines is 1. The van der Waals surface area contributed by atoms with Gasteiger partial charge in [-0.3, -0.25) is 19.9 Å². The number of aryl methyl sites for hydroxylation is 2. The second-order valence-electron chi connectivity index (χ2n) is 5.20. The lowest BCUT2D eigenvalue weighted by Crippen LogP contribution is -2.25. The van der Waals surface area contributed by atoms with Gasteiger partial charge in [-0.25, -0.2) is 0 Å². The Balaban J connectivity index is 2.20. The normalized spacial score (nSPS) is 10.4. The zero-order valence-corrected chi connectivity index (χ0v) is 12.8. The van der Waals surface area contributed by atoms with Crippen LogP contribution in [0, 0.1) is 29.8 Å². The molecule has 0 atom stereocenters. The van der Waals surface area contributed by atoms with Gasteiger partial charge >= 0.3 is 5.69 Å². The maximum absolute atomic E-state index is 13.7. The quantitative estimate of drug-likeness (QED) is 0.466. The SMILES string of the molecule is Cc1cc([N+](=O)[O-])c(F)cc1CCN(C=O)c1cnccc1C. The summed E-state index contributed by atoms with van der Waals surface area (Å²) in [6.07, 6.45) is 4.31. The van der Waals surface area contributed by atoms with Crippen molar-refractivity contribution in [1.82, 2.24) is 4.98 Å². The van der Waals surface area contributed by atoms with Crippen LogP contribution < -0.4 is 4.90 Å². The van der Waals surface area contributed by atoms with Crippen molar-refractivity contribution < 1.29 is 14.1 Å². The predicted octanol–water partition coefficient (Wildman–Crippen LogP) is 2.95. The molecule has 1 aromatic heterocycles. The molecule has 1 amide bonds. The van der Waals surface area contributed by atoms with Crippen molar-refractivity contribution in [3.8, 4) is 0 Å². The molecule has 120 valence electrons. The van der Waals surface area contributed by atoms with Gasteiger partial charge in [-0.05, 0) is 49.1 Å². The highest BCUT2D eigenvalue weighted by Crippen LogP contribution is 2.23. The molecule has 23 heavy (non-hydrogen) atoms. The lowest BCUT2D eigenvalue weighted by molar-refractivity contribution is -0.387. The van der Waals surface area contributed by atoms with E-state index in [9.17, 15) is 19.3 Å². The summed E-state index contributed by atoms with van der Waals surface area (Å²) in [4.78, 5) is 26.8. The van der Waals surface area contributed by atoms with Crippen LogP contribution in [-0.2, 0) is 11.2 Å². The molecule has 0 aliphatic rings. The van der Waals surface area contributed by atoms with Crippen LogP contribution in [0.4, 0.5) is 15.8 Å². The zero-order valence-electron chi connectivity index (χ0n) is 12.8. The molecule has 0 aliphatic carbocycles. The van der Waals surface area contributed by atoms with E-state index >= 15 is 0 Å². The maximum Gasteiger partial charge on any atom is 0.305 e. The first-order valence-corrected chi connectivity index (χ1v) is 7.00. The molecule has 0 spiro atoms. The van der Waals surface area contributed by atoms with Gasteiger partial charge in [0.05, 0.1) is 16.8 Å². The Labute approximate surface area is 132 Å². The summed E-state index contributed by atoms with van der Waals surface area (Å²) in [7, 11) is 0. The average molecular weight is 317 g/mol. The van der Waals surface area contributed by atoms with Gasteiger partial charge in [0.15, 0.2) is 0 Å². The Kier molecular flexibility index (Phi) is 5.00. The number of rotatable bonds is 6. The fraction of sp³-hybridized carbons (Fsp3) is 0.250. The number of hydrogen-bond donors (Lipinski definition) is 0. The van der Waals surface area contributed by atoms with E-state index in [-0.39, 0.29) is 0 Å². The Morgan fingerprint density at radius 1 is 1.35 bits per heavy atom. The minimum Gasteiger partial charge on any atom is -0.313 e. The molecule has 0 bridgehead atoms. The fourth-order valence-corrected chi connectivity index (χ4v) is 2.34. The molecule has 0 fully saturated rings. The molecule has 6 nitrogen and oxygen atoms in total. The van der Waals surface area contributed by atoms with Crippen LogP contribution in [0.2, 0.25) is 0 Å². The molecular weight excluding hydrogens is 301 g/mol. The second-order valence-corrected chi connectivity index (χ2v) is 5.20. The standard InChI is InChI=1S/C16H16FN3O3/c1-11-3-5-18-9-16(11)19(10-21)6-4-13-8-14(17)15(20(22)23)7-12(13)2/h3,5,7-10H,4,6H2,1-2H3. The van der Waals surface area contributed by atoms with Gasteiger partial charge in [-0.15, -0.1) is 0 Å². The zero-order chi connectivity index (χ0) is 17.0. The minimum atomic E-state index is -0.870. The summed E-state index contributed by atoms with van der Waals surface area (Å²) in [6, 6.07) is 4.17. The molecule has 0 unspecified atom stereocenters. The molecule has 0 aliphatic heterocycles. The van der Waals surface area contributed by atoms with Crippen LogP contribution in [0.25, 0.3) is 0 Å². The van der Waals surface area contributed by atoms with Crippen LogP contribution in [0.5, 0.6) is 0 Å². The largest absolute Gasteiger partial charge is 0.313 e. The van der Waals surface area contributed by atoms with Gasteiger partial charge in [-0.2, -0.15) is 4.39 Å². The Bertz CT molecular complexity index is 749. The lowest BCUT2D eigenvalue weighted by Gasteiger charge is -2.19. The van der Waals surface area contributed by atoms with Crippen molar-refractivity contribution in [3.05, 3.63) is 63.2 Å². The van der Waals surface area contributed by atoms with Crippen molar-refractivity contribution in [1.29, 1.82) is 0 Å². The summed E-state index contributed by atoms with van der Waals surface area (Å²) in [5, 5.41) is 10.7. The third-order valence-corrected chi connectivity index (χ3v) is 3.67. The summed E-state index contributed by atoms with van der Waals surface area (Å²) >= 11 is 0. The van der Waals surface area contributed by atoms with Crippen molar-refractivity contribution >= 4 is 17.8 Å². The van der Waals surface area contributed by atoms with Crippen molar-refractivity contribution in [2.75, 3.05) is 11.4 Å². The number of halogens is 1. The van der Waals surface area contributed by atoms with E-state index in [1.165, 1.54) is 11.0 Å². The molecule has 2 aromatic rings. The lowest BCUT2D eigenvalue weighted by atomic mass is 10.0. The van der Waals surface area contributed by atoms with E-state index in [0.717, 1.165) is 11.6 Å². The highest BCUT2D eigenvalue weighted by molar-refractivity contribution is 5.76. The third kappa shape index (κ3) is 3.68. The number of carbonyl (C=O) groups excluding carboxylic acids is 1. The van der Waals surface area contributed by atoms with Crippen LogP contribution in [0.15, 0.2) is 30.6 Å². The molecule has 0 saturated heterocycles. The number of hydrogen-bond acceptors (Lipinski definition) is 4. The minimum absolute atomic E-state index is 0.328. The predicted molar refractivity (Wildman–Crippen MR) is 83.9 cm³/mol. The number of nitrogens with zero attached hydrogens (tertiary/aromatic N) is 3. The van der Waals surface area contributed by atoms with E-state index in [0.29, 0.717) is 36.2 Å². The molecule has 0 radical (unpaired) electrons. The average Bonchev–Trinajstić information content (AvgIpc) is 2.52. The Hall–Kier alpha value is -2.83. The molecule has 7 heteroatoms. The first kappa shape index (κ1) is 16.5. The number of nitro benzene ring substituents is 1. The highest BCUT2D eigenvalue weighted by Gasteiger charge is 2.17. The van der Waals surface area contributed by atoms with Gasteiger partial charge < -0.3 is 4.90 Å². The van der Waals surface area contributed by atoms with Crippen LogP contribution >= 0.6 is 0 Å². The Morgan fingerprint density at radius 3 is 2.70 bits per heavy atom. The smallest absolute Gasteiger partial charge is 0.305 e. The molecular formula is C16H16FN3O3. The van der Waals surface area contributed by atoms with Crippen LogP contribution in [-0.4, -0.2) is 22.9 Å². The van der Waals surface area contributed by atoms with E-state index in [1.54, 1.807) is 25.4 Å². The van der Waals surface area contributed by atoms with Gasteiger partial charge in [0.2, 0.25) is 12.2 Å². The van der Waals surface area contributed by atoms with Crippen LogP contribution in [0.3, 0.4) is 0 Å². The summed E-state index contributed by atoms with van der Waals surface area (Å²) in [5.41, 5.74) is 2.29. The van der Waals surface area contributed by atoms with E-state index < -0.39 is 16.4 Å². The van der Waals surface area contributed by atoms with Crippen LogP contribution in [0.1, 0.15) is 16.7 Å². The number of pyridine rings is 1. The van der Waals surface area contributed by atoms with Gasteiger partial charge in [0, 0.05) is 18.8 Å². The number of carbonyl (C=O) groups is 1. The first-order chi connectivity index (χ1) is 10.9. The van der Waals surface area contributed by atoms with Crippen molar-refractivity contribution in [3.63, 3.8) is 0 Å². The van der Waals surface area contributed by atoms with Crippen molar-refractivity contribution in [2.45, 2.75) is 20.3 Å². The highest BCUT2D eigenvalue weighted by atomic mass is 19.1. The number of amides is 1. The molecule has 1 aromatic carbocycles. The molecule has 0 saturated carbocycles. The monoisotopic (exact) mass is 317 g/mol. The third-order valence-electron chi connectivity index (χ3n) is 3.67. The van der Waals surface area contributed by atoms with Gasteiger partial charge in [-0.1, -0.05) is 0 Å². The number of benzene rings is 1. The summed E-state index contributed by atoms with van der Waals surface area (Å²) in [5.74, 6) is -0.870. The fourth-order valence-electron chi connectivity index (χ4n) is 2.34. The van der Waals surface area contributed by atoms with E-state index in [4.69, 9.17) is 0 Å². The van der Waals surface area contributed by atoms with E-state index in [1.807, 2.05) is 6.92 Å². The van der Waals surface area contributed by atoms with E-state index in [2.05, 4.69) is 4.98 Å².